The number of aryl methyl sites for hydroxylation is 1. The first-order valence-electron chi connectivity index (χ1n) is 6.25. The Morgan fingerprint density at radius 1 is 1.35 bits per heavy atom. The van der Waals surface area contributed by atoms with Gasteiger partial charge in [-0.3, -0.25) is 4.90 Å². The first-order valence-corrected chi connectivity index (χ1v) is 6.25. The van der Waals surface area contributed by atoms with E-state index in [1.807, 2.05) is 20.8 Å². The molecule has 106 valence electrons. The van der Waals surface area contributed by atoms with Crippen LogP contribution in [0.2, 0.25) is 0 Å². The molecule has 0 aromatic carbocycles. The first-order chi connectivity index (χ1) is 9.49. The lowest BCUT2D eigenvalue weighted by atomic mass is 10.4. The zero-order chi connectivity index (χ0) is 14.7. The van der Waals surface area contributed by atoms with Crippen molar-refractivity contribution < 1.29 is 9.53 Å². The number of hydrogen-bond acceptors (Lipinski definition) is 5. The maximum absolute atomic E-state index is 11.9. The number of nitrogens with zero attached hydrogens (tertiary/aromatic N) is 5. The second kappa shape index (κ2) is 5.68. The molecule has 0 N–H and O–H groups in total. The van der Waals surface area contributed by atoms with Crippen LogP contribution in [0.15, 0.2) is 24.9 Å². The molecule has 0 unspecified atom stereocenters. The third-order valence-corrected chi connectivity index (χ3v) is 2.66. The highest BCUT2D eigenvalue weighted by Crippen LogP contribution is 2.20. The van der Waals surface area contributed by atoms with Gasteiger partial charge in [-0.05, 0) is 20.8 Å². The summed E-state index contributed by atoms with van der Waals surface area (Å²) in [6, 6.07) is 0. The Labute approximate surface area is 117 Å². The standard InChI is InChI=1S/C13H17N5O2/c1-9(2)20-13(19)17(4)12-7-18(16-10(12)3)11-5-14-8-15-6-11/h5-9H,1-4H3. The van der Waals surface area contributed by atoms with E-state index in [-0.39, 0.29) is 6.10 Å². The van der Waals surface area contributed by atoms with Crippen LogP contribution in [0.3, 0.4) is 0 Å². The molecule has 0 saturated heterocycles. The van der Waals surface area contributed by atoms with Crippen molar-refractivity contribution in [3.8, 4) is 5.69 Å². The molecule has 7 nitrogen and oxygen atoms in total. The van der Waals surface area contributed by atoms with Crippen LogP contribution in [0.1, 0.15) is 19.5 Å². The van der Waals surface area contributed by atoms with Gasteiger partial charge in [-0.1, -0.05) is 0 Å². The number of aromatic nitrogens is 4. The summed E-state index contributed by atoms with van der Waals surface area (Å²) in [5.74, 6) is 0. The molecule has 0 bridgehead atoms. The van der Waals surface area contributed by atoms with E-state index in [1.54, 1.807) is 30.3 Å². The molecule has 2 heterocycles. The van der Waals surface area contributed by atoms with E-state index in [0.29, 0.717) is 5.69 Å². The lowest BCUT2D eigenvalue weighted by Crippen LogP contribution is -2.29. The summed E-state index contributed by atoms with van der Waals surface area (Å²) >= 11 is 0. The molecule has 0 aliphatic heterocycles. The molecule has 0 spiro atoms. The van der Waals surface area contributed by atoms with Crippen molar-refractivity contribution in [2.24, 2.45) is 0 Å². The minimum Gasteiger partial charge on any atom is -0.446 e. The maximum Gasteiger partial charge on any atom is 0.414 e. The summed E-state index contributed by atoms with van der Waals surface area (Å²) in [5.41, 5.74) is 2.13. The number of anilines is 1. The van der Waals surface area contributed by atoms with Crippen LogP contribution >= 0.6 is 0 Å². The Morgan fingerprint density at radius 3 is 2.60 bits per heavy atom. The molecule has 0 saturated carbocycles. The van der Waals surface area contributed by atoms with Gasteiger partial charge in [-0.2, -0.15) is 5.10 Å². The highest BCUT2D eigenvalue weighted by molar-refractivity contribution is 5.87. The molecule has 2 aromatic rings. The second-order valence-electron chi connectivity index (χ2n) is 4.63. The predicted molar refractivity (Wildman–Crippen MR) is 73.9 cm³/mol. The Kier molecular flexibility index (Phi) is 3.97. The molecule has 7 heteroatoms. The molecule has 2 rings (SSSR count). The van der Waals surface area contributed by atoms with Gasteiger partial charge in [-0.25, -0.2) is 19.4 Å². The molecule has 0 radical (unpaired) electrons. The van der Waals surface area contributed by atoms with Crippen molar-refractivity contribution in [3.63, 3.8) is 0 Å². The molecule has 20 heavy (non-hydrogen) atoms. The van der Waals surface area contributed by atoms with Gasteiger partial charge in [0.2, 0.25) is 0 Å². The molecule has 0 aliphatic rings. The van der Waals surface area contributed by atoms with Crippen LogP contribution in [0.5, 0.6) is 0 Å². The fourth-order valence-electron chi connectivity index (χ4n) is 1.70. The monoisotopic (exact) mass is 275 g/mol. The Hall–Kier alpha value is -2.44. The molecular formula is C13H17N5O2. The normalized spacial score (nSPS) is 10.7. The largest absolute Gasteiger partial charge is 0.446 e. The van der Waals surface area contributed by atoms with Crippen molar-refractivity contribution in [2.75, 3.05) is 11.9 Å². The van der Waals surface area contributed by atoms with Crippen LogP contribution in [0.4, 0.5) is 10.5 Å². The zero-order valence-electron chi connectivity index (χ0n) is 11.9. The fraction of sp³-hybridized carbons (Fsp3) is 0.385. The minimum absolute atomic E-state index is 0.164. The lowest BCUT2D eigenvalue weighted by Gasteiger charge is -2.17. The Balaban J connectivity index is 2.26. The van der Waals surface area contributed by atoms with Crippen molar-refractivity contribution >= 4 is 11.8 Å². The molecule has 0 aliphatic carbocycles. The van der Waals surface area contributed by atoms with Gasteiger partial charge in [-0.15, -0.1) is 0 Å². The lowest BCUT2D eigenvalue weighted by molar-refractivity contribution is 0.124. The van der Waals surface area contributed by atoms with Gasteiger partial charge in [0, 0.05) is 7.05 Å². The summed E-state index contributed by atoms with van der Waals surface area (Å²) in [7, 11) is 1.65. The number of carbonyl (C=O) groups is 1. The minimum atomic E-state index is -0.410. The average Bonchev–Trinajstić information content (AvgIpc) is 2.80. The molecule has 0 atom stereocenters. The van der Waals surface area contributed by atoms with Crippen LogP contribution in [0, 0.1) is 6.92 Å². The first kappa shape index (κ1) is 14.0. The Morgan fingerprint density at radius 2 is 2.00 bits per heavy atom. The quantitative estimate of drug-likeness (QED) is 0.856. The van der Waals surface area contributed by atoms with Crippen LogP contribution < -0.4 is 4.90 Å². The van der Waals surface area contributed by atoms with Crippen molar-refractivity contribution in [1.82, 2.24) is 19.7 Å². The highest BCUT2D eigenvalue weighted by atomic mass is 16.6. The van der Waals surface area contributed by atoms with E-state index in [0.717, 1.165) is 11.4 Å². The summed E-state index contributed by atoms with van der Waals surface area (Å²) in [6.45, 7) is 5.45. The third kappa shape index (κ3) is 2.93. The van der Waals surface area contributed by atoms with Gasteiger partial charge in [0.05, 0.1) is 36.1 Å². The SMILES string of the molecule is Cc1nn(-c2cncnc2)cc1N(C)C(=O)OC(C)C. The molecule has 2 aromatic heterocycles. The van der Waals surface area contributed by atoms with Crippen molar-refractivity contribution in [1.29, 1.82) is 0 Å². The van der Waals surface area contributed by atoms with Gasteiger partial charge in [0.15, 0.2) is 0 Å². The summed E-state index contributed by atoms with van der Waals surface area (Å²) in [4.78, 5) is 21.2. The van der Waals surface area contributed by atoms with E-state index >= 15 is 0 Å². The van der Waals surface area contributed by atoms with Crippen molar-refractivity contribution in [2.45, 2.75) is 26.9 Å². The van der Waals surface area contributed by atoms with E-state index < -0.39 is 6.09 Å². The number of carbonyl (C=O) groups excluding carboxylic acids is 1. The van der Waals surface area contributed by atoms with Crippen LogP contribution in [-0.4, -0.2) is 39.0 Å². The van der Waals surface area contributed by atoms with Crippen molar-refractivity contribution in [3.05, 3.63) is 30.6 Å². The Bertz CT molecular complexity index is 594. The van der Waals surface area contributed by atoms with E-state index in [9.17, 15) is 4.79 Å². The molecule has 1 amide bonds. The number of hydrogen-bond donors (Lipinski definition) is 0. The van der Waals surface area contributed by atoms with Crippen LogP contribution in [-0.2, 0) is 4.74 Å². The second-order valence-corrected chi connectivity index (χ2v) is 4.63. The number of ether oxygens (including phenoxy) is 1. The van der Waals surface area contributed by atoms with Gasteiger partial charge in [0.1, 0.15) is 12.0 Å². The fourth-order valence-corrected chi connectivity index (χ4v) is 1.70. The van der Waals surface area contributed by atoms with Gasteiger partial charge in [0.25, 0.3) is 0 Å². The average molecular weight is 275 g/mol. The van der Waals surface area contributed by atoms with Crippen LogP contribution in [0.25, 0.3) is 5.69 Å². The van der Waals surface area contributed by atoms with E-state index in [1.165, 1.54) is 11.2 Å². The molecular weight excluding hydrogens is 258 g/mol. The summed E-state index contributed by atoms with van der Waals surface area (Å²) in [6.07, 6.45) is 5.92. The maximum atomic E-state index is 11.9. The van der Waals surface area contributed by atoms with Gasteiger partial charge < -0.3 is 4.74 Å². The van der Waals surface area contributed by atoms with E-state index in [2.05, 4.69) is 15.1 Å². The summed E-state index contributed by atoms with van der Waals surface area (Å²) < 4.78 is 6.79. The number of amides is 1. The third-order valence-electron chi connectivity index (χ3n) is 2.66. The molecule has 0 fully saturated rings. The highest BCUT2D eigenvalue weighted by Gasteiger charge is 2.18. The predicted octanol–water partition coefficient (Wildman–Crippen LogP) is 1.95. The topological polar surface area (TPSA) is 73.1 Å². The summed E-state index contributed by atoms with van der Waals surface area (Å²) in [5, 5.41) is 4.35. The van der Waals surface area contributed by atoms with E-state index in [4.69, 9.17) is 4.74 Å². The van der Waals surface area contributed by atoms with Gasteiger partial charge >= 0.3 is 6.09 Å². The smallest absolute Gasteiger partial charge is 0.414 e. The number of rotatable bonds is 3. The zero-order valence-corrected chi connectivity index (χ0v) is 11.9.